The largest absolute Gasteiger partial charge is 0.493 e. The number of anilines is 1. The quantitative estimate of drug-likeness (QED) is 0.707. The molecule has 6 nitrogen and oxygen atoms in total. The molecule has 140 valence electrons. The Bertz CT molecular complexity index is 828. The zero-order valence-electron chi connectivity index (χ0n) is 14.4. The molecule has 0 saturated carbocycles. The fourth-order valence-electron chi connectivity index (χ4n) is 2.28. The summed E-state index contributed by atoms with van der Waals surface area (Å²) in [5, 5.41) is 3.03. The van der Waals surface area contributed by atoms with Gasteiger partial charge in [0.05, 0.1) is 36.5 Å². The maximum atomic E-state index is 12.0. The molecule has 26 heavy (non-hydrogen) atoms. The summed E-state index contributed by atoms with van der Waals surface area (Å²) in [6.07, 6.45) is 1.28. The van der Waals surface area contributed by atoms with Gasteiger partial charge in [0.1, 0.15) is 5.75 Å². The zero-order chi connectivity index (χ0) is 19.0. The summed E-state index contributed by atoms with van der Waals surface area (Å²) >= 11 is 6.08. The van der Waals surface area contributed by atoms with E-state index < -0.39 is 10.0 Å². The van der Waals surface area contributed by atoms with Crippen molar-refractivity contribution in [3.8, 4) is 5.75 Å². The first kappa shape index (κ1) is 20.1. The van der Waals surface area contributed by atoms with Crippen LogP contribution in [-0.4, -0.2) is 40.3 Å². The predicted molar refractivity (Wildman–Crippen MR) is 103 cm³/mol. The summed E-state index contributed by atoms with van der Waals surface area (Å²) in [5.74, 6) is 0.482. The molecule has 0 unspecified atom stereocenters. The van der Waals surface area contributed by atoms with Crippen LogP contribution in [0.3, 0.4) is 0 Å². The molecule has 0 aliphatic carbocycles. The van der Waals surface area contributed by atoms with Crippen molar-refractivity contribution in [2.75, 3.05) is 30.3 Å². The molecular weight excluding hydrogens is 376 g/mol. The van der Waals surface area contributed by atoms with Gasteiger partial charge in [-0.15, -0.1) is 0 Å². The molecule has 0 radical (unpaired) electrons. The lowest BCUT2D eigenvalue weighted by atomic mass is 10.3. The second kappa shape index (κ2) is 9.45. The number of carbonyl (C=O) groups excluding carboxylic acids is 1. The van der Waals surface area contributed by atoms with Gasteiger partial charge in [-0.25, -0.2) is 8.42 Å². The molecule has 0 bridgehead atoms. The summed E-state index contributed by atoms with van der Waals surface area (Å²) in [7, 11) is -3.52. The number of para-hydroxylation sites is 2. The van der Waals surface area contributed by atoms with E-state index in [2.05, 4.69) is 5.32 Å². The van der Waals surface area contributed by atoms with Gasteiger partial charge < -0.3 is 10.1 Å². The van der Waals surface area contributed by atoms with Crippen LogP contribution in [0.2, 0.25) is 5.02 Å². The van der Waals surface area contributed by atoms with Crippen LogP contribution in [0.4, 0.5) is 5.69 Å². The first-order valence-electron chi connectivity index (χ1n) is 8.05. The van der Waals surface area contributed by atoms with Gasteiger partial charge >= 0.3 is 0 Å². The first-order valence-corrected chi connectivity index (χ1v) is 10.3. The molecule has 2 aromatic carbocycles. The lowest BCUT2D eigenvalue weighted by Gasteiger charge is -2.23. The van der Waals surface area contributed by atoms with Crippen molar-refractivity contribution in [1.82, 2.24) is 5.32 Å². The van der Waals surface area contributed by atoms with Crippen LogP contribution >= 0.6 is 11.6 Å². The third-order valence-corrected chi connectivity index (χ3v) is 5.00. The van der Waals surface area contributed by atoms with Crippen molar-refractivity contribution in [2.45, 2.75) is 6.42 Å². The molecule has 8 heteroatoms. The predicted octanol–water partition coefficient (Wildman–Crippen LogP) is 2.69. The number of hydrogen-bond acceptors (Lipinski definition) is 4. The van der Waals surface area contributed by atoms with E-state index >= 15 is 0 Å². The number of amides is 1. The van der Waals surface area contributed by atoms with Crippen LogP contribution in [0.5, 0.6) is 5.75 Å². The van der Waals surface area contributed by atoms with Crippen molar-refractivity contribution < 1.29 is 17.9 Å². The molecule has 0 heterocycles. The Kier molecular flexibility index (Phi) is 7.29. The smallest absolute Gasteiger partial charge is 0.232 e. The molecule has 0 spiro atoms. The van der Waals surface area contributed by atoms with E-state index in [0.717, 1.165) is 6.26 Å². The highest BCUT2D eigenvalue weighted by atomic mass is 35.5. The van der Waals surface area contributed by atoms with Gasteiger partial charge in [0.25, 0.3) is 0 Å². The molecule has 0 aliphatic heterocycles. The Morgan fingerprint density at radius 1 is 1.12 bits per heavy atom. The number of benzene rings is 2. The van der Waals surface area contributed by atoms with Gasteiger partial charge in [-0.3, -0.25) is 9.10 Å². The van der Waals surface area contributed by atoms with Crippen molar-refractivity contribution in [1.29, 1.82) is 0 Å². The molecule has 0 saturated heterocycles. The molecule has 1 N–H and O–H groups in total. The highest BCUT2D eigenvalue weighted by molar-refractivity contribution is 7.92. The maximum absolute atomic E-state index is 12.0. The summed E-state index contributed by atoms with van der Waals surface area (Å²) < 4.78 is 30.7. The average molecular weight is 397 g/mol. The summed E-state index contributed by atoms with van der Waals surface area (Å²) in [4.78, 5) is 11.9. The third kappa shape index (κ3) is 6.24. The van der Waals surface area contributed by atoms with Crippen LogP contribution in [0.25, 0.3) is 0 Å². The lowest BCUT2D eigenvalue weighted by Crippen LogP contribution is -2.38. The molecule has 1 amide bonds. The standard InChI is InChI=1S/C18H21ClN2O4S/c1-26(23,24)21(17-10-6-5-9-16(17)19)13-12-20-18(22)11-14-25-15-7-3-2-4-8-15/h2-10H,11-14H2,1H3,(H,20,22). The van der Waals surface area contributed by atoms with Gasteiger partial charge in [-0.2, -0.15) is 0 Å². The number of halogens is 1. The fraction of sp³-hybridized carbons (Fsp3) is 0.278. The van der Waals surface area contributed by atoms with E-state index in [1.807, 2.05) is 30.3 Å². The number of nitrogens with one attached hydrogen (secondary N) is 1. The lowest BCUT2D eigenvalue weighted by molar-refractivity contribution is -0.121. The van der Waals surface area contributed by atoms with Crippen LogP contribution in [0.1, 0.15) is 6.42 Å². The van der Waals surface area contributed by atoms with Crippen molar-refractivity contribution in [3.63, 3.8) is 0 Å². The summed E-state index contributed by atoms with van der Waals surface area (Å²) in [6, 6.07) is 15.9. The van der Waals surface area contributed by atoms with Gasteiger partial charge in [0.2, 0.25) is 15.9 Å². The SMILES string of the molecule is CS(=O)(=O)N(CCNC(=O)CCOc1ccccc1)c1ccccc1Cl. The van der Waals surface area contributed by atoms with E-state index in [1.54, 1.807) is 24.3 Å². The highest BCUT2D eigenvalue weighted by Crippen LogP contribution is 2.26. The molecular formula is C18H21ClN2O4S. The van der Waals surface area contributed by atoms with Crippen molar-refractivity contribution in [3.05, 3.63) is 59.6 Å². The van der Waals surface area contributed by atoms with Gasteiger partial charge in [0.15, 0.2) is 0 Å². The Hall–Kier alpha value is -2.25. The van der Waals surface area contributed by atoms with Crippen LogP contribution < -0.4 is 14.4 Å². The van der Waals surface area contributed by atoms with E-state index in [1.165, 1.54) is 4.31 Å². The Labute approximate surface area is 158 Å². The molecule has 0 atom stereocenters. The Morgan fingerprint density at radius 2 is 1.77 bits per heavy atom. The molecule has 2 rings (SSSR count). The van der Waals surface area contributed by atoms with Crippen molar-refractivity contribution in [2.24, 2.45) is 0 Å². The van der Waals surface area contributed by atoms with Gasteiger partial charge in [-0.05, 0) is 24.3 Å². The van der Waals surface area contributed by atoms with E-state index in [0.29, 0.717) is 16.5 Å². The van der Waals surface area contributed by atoms with Crippen LogP contribution in [0.15, 0.2) is 54.6 Å². The normalized spacial score (nSPS) is 11.0. The summed E-state index contributed by atoms with van der Waals surface area (Å²) in [5.41, 5.74) is 0.387. The molecule has 0 fully saturated rings. The molecule has 0 aliphatic rings. The second-order valence-electron chi connectivity index (χ2n) is 5.55. The average Bonchev–Trinajstić information content (AvgIpc) is 2.60. The van der Waals surface area contributed by atoms with Crippen molar-refractivity contribution >= 4 is 33.2 Å². The van der Waals surface area contributed by atoms with Gasteiger partial charge in [-0.1, -0.05) is 41.9 Å². The number of sulfonamides is 1. The minimum absolute atomic E-state index is 0.0911. The second-order valence-corrected chi connectivity index (χ2v) is 7.86. The van der Waals surface area contributed by atoms with Gasteiger partial charge in [0, 0.05) is 6.54 Å². The van der Waals surface area contributed by atoms with Crippen LogP contribution in [0, 0.1) is 0 Å². The van der Waals surface area contributed by atoms with E-state index in [4.69, 9.17) is 16.3 Å². The number of ether oxygens (including phenoxy) is 1. The number of rotatable bonds is 9. The molecule has 0 aromatic heterocycles. The van der Waals surface area contributed by atoms with Crippen LogP contribution in [-0.2, 0) is 14.8 Å². The topological polar surface area (TPSA) is 75.7 Å². The minimum Gasteiger partial charge on any atom is -0.493 e. The fourth-order valence-corrected chi connectivity index (χ4v) is 3.51. The monoisotopic (exact) mass is 396 g/mol. The first-order chi connectivity index (χ1) is 12.4. The maximum Gasteiger partial charge on any atom is 0.232 e. The Morgan fingerprint density at radius 3 is 2.42 bits per heavy atom. The number of nitrogens with zero attached hydrogens (tertiary/aromatic N) is 1. The third-order valence-electron chi connectivity index (χ3n) is 3.50. The summed E-state index contributed by atoms with van der Waals surface area (Å²) in [6.45, 7) is 0.506. The minimum atomic E-state index is -3.52. The number of carbonyl (C=O) groups is 1. The number of hydrogen-bond donors (Lipinski definition) is 1. The zero-order valence-corrected chi connectivity index (χ0v) is 16.0. The Balaban J connectivity index is 1.82. The van der Waals surface area contributed by atoms with E-state index in [-0.39, 0.29) is 32.0 Å². The highest BCUT2D eigenvalue weighted by Gasteiger charge is 2.19. The van der Waals surface area contributed by atoms with E-state index in [9.17, 15) is 13.2 Å². The molecule has 2 aromatic rings.